The Morgan fingerprint density at radius 2 is 2.14 bits per heavy atom. The molecule has 0 saturated carbocycles. The lowest BCUT2D eigenvalue weighted by molar-refractivity contribution is -0.148. The van der Waals surface area contributed by atoms with Gasteiger partial charge in [-0.15, -0.1) is 0 Å². The molecule has 0 spiro atoms. The molecule has 0 radical (unpaired) electrons. The fraction of sp³-hybridized carbons (Fsp3) is 0.538. The molecule has 0 unspecified atom stereocenters. The molecular formula is C13H18F3N3O2. The van der Waals surface area contributed by atoms with E-state index >= 15 is 0 Å². The van der Waals surface area contributed by atoms with Gasteiger partial charge in [-0.25, -0.2) is 9.78 Å². The van der Waals surface area contributed by atoms with E-state index in [-0.39, 0.29) is 6.54 Å². The number of urea groups is 1. The van der Waals surface area contributed by atoms with E-state index in [1.165, 1.54) is 6.20 Å². The molecular weight excluding hydrogens is 287 g/mol. The highest BCUT2D eigenvalue weighted by Gasteiger charge is 2.36. The van der Waals surface area contributed by atoms with E-state index in [0.29, 0.717) is 18.1 Å². The Bertz CT molecular complexity index is 449. The number of carbonyl (C=O) groups excluding carboxylic acids is 1. The van der Waals surface area contributed by atoms with Crippen molar-refractivity contribution in [2.75, 3.05) is 6.61 Å². The van der Waals surface area contributed by atoms with Crippen LogP contribution in [0.2, 0.25) is 0 Å². The highest BCUT2D eigenvalue weighted by atomic mass is 19.4. The highest BCUT2D eigenvalue weighted by Crippen LogP contribution is 2.19. The van der Waals surface area contributed by atoms with Gasteiger partial charge in [-0.3, -0.25) is 0 Å². The van der Waals surface area contributed by atoms with Gasteiger partial charge >= 0.3 is 12.2 Å². The normalized spacial score (nSPS) is 12.6. The molecule has 0 bridgehead atoms. The summed E-state index contributed by atoms with van der Waals surface area (Å²) in [6.07, 6.45) is -2.10. The smallest absolute Gasteiger partial charge is 0.408 e. The minimum Gasteiger partial charge on any atom is -0.478 e. The average molecular weight is 305 g/mol. The van der Waals surface area contributed by atoms with Crippen molar-refractivity contribution in [3.05, 3.63) is 23.9 Å². The number of hydrogen-bond donors (Lipinski definition) is 2. The summed E-state index contributed by atoms with van der Waals surface area (Å²) in [6, 6.07) is 0.542. The van der Waals surface area contributed by atoms with Crippen LogP contribution < -0.4 is 15.4 Å². The van der Waals surface area contributed by atoms with Crippen molar-refractivity contribution in [3.63, 3.8) is 0 Å². The van der Waals surface area contributed by atoms with Gasteiger partial charge in [0.15, 0.2) is 0 Å². The fourth-order valence-corrected chi connectivity index (χ4v) is 1.32. The van der Waals surface area contributed by atoms with E-state index in [1.54, 1.807) is 12.1 Å². The number of hydrogen-bond acceptors (Lipinski definition) is 3. The second kappa shape index (κ2) is 7.70. The van der Waals surface area contributed by atoms with Crippen molar-refractivity contribution in [3.8, 4) is 5.88 Å². The van der Waals surface area contributed by atoms with Gasteiger partial charge in [0.05, 0.1) is 6.61 Å². The maximum absolute atomic E-state index is 12.3. The quantitative estimate of drug-likeness (QED) is 0.849. The fourth-order valence-electron chi connectivity index (χ4n) is 1.32. The molecule has 0 aliphatic rings. The van der Waals surface area contributed by atoms with Crippen LogP contribution in [-0.2, 0) is 6.54 Å². The van der Waals surface area contributed by atoms with Gasteiger partial charge < -0.3 is 15.4 Å². The van der Waals surface area contributed by atoms with Crippen molar-refractivity contribution in [1.82, 2.24) is 15.6 Å². The summed E-state index contributed by atoms with van der Waals surface area (Å²) in [6.45, 7) is 3.49. The Morgan fingerprint density at radius 1 is 1.43 bits per heavy atom. The topological polar surface area (TPSA) is 63.2 Å². The predicted octanol–water partition coefficient (Wildman–Crippen LogP) is 2.62. The molecule has 0 aromatic carbocycles. The van der Waals surface area contributed by atoms with Crippen molar-refractivity contribution in [2.45, 2.75) is 39.0 Å². The van der Waals surface area contributed by atoms with E-state index in [9.17, 15) is 18.0 Å². The molecule has 0 fully saturated rings. The van der Waals surface area contributed by atoms with Crippen LogP contribution in [0.1, 0.15) is 25.8 Å². The first-order valence-corrected chi connectivity index (χ1v) is 6.51. The van der Waals surface area contributed by atoms with Crippen molar-refractivity contribution >= 4 is 6.03 Å². The van der Waals surface area contributed by atoms with Gasteiger partial charge in [0.1, 0.15) is 6.04 Å². The van der Waals surface area contributed by atoms with Gasteiger partial charge in [-0.2, -0.15) is 13.2 Å². The Morgan fingerprint density at radius 3 is 2.67 bits per heavy atom. The monoisotopic (exact) mass is 305 g/mol. The molecule has 0 aliphatic carbocycles. The van der Waals surface area contributed by atoms with Crippen LogP contribution in [-0.4, -0.2) is 29.8 Å². The molecule has 1 aromatic rings. The van der Waals surface area contributed by atoms with E-state index < -0.39 is 18.2 Å². The SMILES string of the molecule is CCCOc1ccc(CNC(=O)N[C@H](C)C(F)(F)F)cn1. The van der Waals surface area contributed by atoms with Crippen LogP contribution >= 0.6 is 0 Å². The van der Waals surface area contributed by atoms with Gasteiger partial charge in [-0.05, 0) is 18.9 Å². The zero-order chi connectivity index (χ0) is 15.9. The van der Waals surface area contributed by atoms with Crippen molar-refractivity contribution in [2.24, 2.45) is 0 Å². The molecule has 8 heteroatoms. The zero-order valence-corrected chi connectivity index (χ0v) is 11.8. The third-order valence-corrected chi connectivity index (χ3v) is 2.54. The van der Waals surface area contributed by atoms with Crippen LogP contribution in [0.5, 0.6) is 5.88 Å². The van der Waals surface area contributed by atoms with Gasteiger partial charge in [0.25, 0.3) is 0 Å². The Kier molecular flexibility index (Phi) is 6.26. The number of aromatic nitrogens is 1. The molecule has 2 N–H and O–H groups in total. The van der Waals surface area contributed by atoms with Gasteiger partial charge in [0.2, 0.25) is 5.88 Å². The third kappa shape index (κ3) is 6.33. The summed E-state index contributed by atoms with van der Waals surface area (Å²) in [5, 5.41) is 4.14. The maximum atomic E-state index is 12.3. The van der Waals surface area contributed by atoms with Crippen LogP contribution in [0.15, 0.2) is 18.3 Å². The number of alkyl halides is 3. The Labute approximate surface area is 120 Å². The lowest BCUT2D eigenvalue weighted by Crippen LogP contribution is -2.47. The second-order valence-electron chi connectivity index (χ2n) is 4.44. The first kappa shape index (κ1) is 17.1. The minimum absolute atomic E-state index is 0.0808. The van der Waals surface area contributed by atoms with E-state index in [2.05, 4.69) is 10.3 Å². The first-order valence-electron chi connectivity index (χ1n) is 6.51. The Balaban J connectivity index is 2.39. The molecule has 118 valence electrons. The van der Waals surface area contributed by atoms with Gasteiger partial charge in [-0.1, -0.05) is 13.0 Å². The molecule has 1 heterocycles. The van der Waals surface area contributed by atoms with E-state index in [4.69, 9.17) is 4.74 Å². The first-order chi connectivity index (χ1) is 9.82. The zero-order valence-electron chi connectivity index (χ0n) is 11.8. The highest BCUT2D eigenvalue weighted by molar-refractivity contribution is 5.74. The lowest BCUT2D eigenvalue weighted by Gasteiger charge is -2.17. The molecule has 2 amide bonds. The number of nitrogens with zero attached hydrogens (tertiary/aromatic N) is 1. The average Bonchev–Trinajstić information content (AvgIpc) is 2.43. The summed E-state index contributed by atoms with van der Waals surface area (Å²) in [5.74, 6) is 0.468. The minimum atomic E-state index is -4.46. The maximum Gasteiger partial charge on any atom is 0.408 e. The second-order valence-corrected chi connectivity index (χ2v) is 4.44. The van der Waals surface area contributed by atoms with Crippen molar-refractivity contribution in [1.29, 1.82) is 0 Å². The molecule has 1 rings (SSSR count). The number of carbonyl (C=O) groups is 1. The number of amides is 2. The summed E-state index contributed by atoms with van der Waals surface area (Å²) >= 11 is 0. The lowest BCUT2D eigenvalue weighted by atomic mass is 10.3. The number of pyridine rings is 1. The molecule has 1 aromatic heterocycles. The van der Waals surface area contributed by atoms with Crippen LogP contribution in [0.3, 0.4) is 0 Å². The summed E-state index contributed by atoms with van der Waals surface area (Å²) in [5.41, 5.74) is 0.661. The number of nitrogens with one attached hydrogen (secondary N) is 2. The van der Waals surface area contributed by atoms with Crippen LogP contribution in [0.4, 0.5) is 18.0 Å². The molecule has 21 heavy (non-hydrogen) atoms. The van der Waals surface area contributed by atoms with E-state index in [0.717, 1.165) is 13.3 Å². The summed E-state index contributed by atoms with van der Waals surface area (Å²) < 4.78 is 42.0. The molecule has 5 nitrogen and oxygen atoms in total. The molecule has 0 aliphatic heterocycles. The Hall–Kier alpha value is -1.99. The number of rotatable bonds is 6. The third-order valence-electron chi connectivity index (χ3n) is 2.54. The van der Waals surface area contributed by atoms with Crippen LogP contribution in [0.25, 0.3) is 0 Å². The summed E-state index contributed by atoms with van der Waals surface area (Å²) in [4.78, 5) is 15.3. The largest absolute Gasteiger partial charge is 0.478 e. The van der Waals surface area contributed by atoms with Gasteiger partial charge in [0, 0.05) is 18.8 Å². The van der Waals surface area contributed by atoms with Crippen molar-refractivity contribution < 1.29 is 22.7 Å². The molecule has 0 saturated heterocycles. The number of halogens is 3. The van der Waals surface area contributed by atoms with Crippen LogP contribution in [0, 0.1) is 0 Å². The standard InChI is InChI=1S/C13H18F3N3O2/c1-3-6-21-11-5-4-10(7-17-11)8-18-12(20)19-9(2)13(14,15)16/h4-5,7,9H,3,6,8H2,1-2H3,(H2,18,19,20)/t9-/m1/s1. The molecule has 1 atom stereocenters. The van der Waals surface area contributed by atoms with E-state index in [1.807, 2.05) is 12.2 Å². The number of ether oxygens (including phenoxy) is 1. The predicted molar refractivity (Wildman–Crippen MR) is 70.9 cm³/mol. The summed E-state index contributed by atoms with van der Waals surface area (Å²) in [7, 11) is 0.